The number of hydrogen-bond donors (Lipinski definition) is 0. The number of allylic oxidation sites excluding steroid dienone is 1. The van der Waals surface area contributed by atoms with Crippen LogP contribution in [-0.2, 0) is 0 Å². The standard InChI is InChI=1S/C6H11NS.C2H6/c1-6-3-4-8-5-7(6)2;1-2/h1,3-5H2,2H3;1-2H3. The van der Waals surface area contributed by atoms with Gasteiger partial charge in [-0.2, -0.15) is 0 Å². The maximum Gasteiger partial charge on any atom is 0.0633 e. The van der Waals surface area contributed by atoms with E-state index in [1.54, 1.807) is 0 Å². The molecule has 0 saturated carbocycles. The zero-order chi connectivity index (χ0) is 7.98. The van der Waals surface area contributed by atoms with Crippen LogP contribution in [-0.4, -0.2) is 23.6 Å². The largest absolute Gasteiger partial charge is 0.369 e. The number of nitrogens with zero attached hydrogens (tertiary/aromatic N) is 1. The predicted molar refractivity (Wildman–Crippen MR) is 50.2 cm³/mol. The quantitative estimate of drug-likeness (QED) is 0.534. The molecule has 1 heterocycles. The lowest BCUT2D eigenvalue weighted by Crippen LogP contribution is -2.20. The summed E-state index contributed by atoms with van der Waals surface area (Å²) >= 11 is 1.97. The minimum atomic E-state index is 1.12. The molecular weight excluding hydrogens is 142 g/mol. The van der Waals surface area contributed by atoms with E-state index in [0.29, 0.717) is 0 Å². The van der Waals surface area contributed by atoms with E-state index in [0.717, 1.165) is 5.88 Å². The van der Waals surface area contributed by atoms with Crippen molar-refractivity contribution in [2.75, 3.05) is 18.7 Å². The molecule has 60 valence electrons. The Kier molecular flexibility index (Phi) is 5.60. The first kappa shape index (κ1) is 9.89. The van der Waals surface area contributed by atoms with Gasteiger partial charge in [-0.1, -0.05) is 20.4 Å². The summed E-state index contributed by atoms with van der Waals surface area (Å²) < 4.78 is 0. The molecule has 1 rings (SSSR count). The molecule has 1 aliphatic rings. The molecule has 0 N–H and O–H groups in total. The Labute approximate surface area is 68.5 Å². The maximum atomic E-state index is 3.91. The van der Waals surface area contributed by atoms with Gasteiger partial charge in [0, 0.05) is 18.5 Å². The average Bonchev–Trinajstić information content (AvgIpc) is 2.00. The molecule has 0 spiro atoms. The Morgan fingerprint density at radius 3 is 2.40 bits per heavy atom. The van der Waals surface area contributed by atoms with E-state index in [4.69, 9.17) is 0 Å². The van der Waals surface area contributed by atoms with Gasteiger partial charge in [-0.3, -0.25) is 0 Å². The smallest absolute Gasteiger partial charge is 0.0633 e. The Balaban J connectivity index is 0.000000371. The van der Waals surface area contributed by atoms with Gasteiger partial charge in [-0.05, 0) is 6.42 Å². The summed E-state index contributed by atoms with van der Waals surface area (Å²) in [7, 11) is 2.09. The second-order valence-corrected chi connectivity index (χ2v) is 3.13. The van der Waals surface area contributed by atoms with Gasteiger partial charge in [-0.25, -0.2) is 0 Å². The fraction of sp³-hybridized carbons (Fsp3) is 0.750. The molecule has 2 heteroatoms. The van der Waals surface area contributed by atoms with Gasteiger partial charge in [0.1, 0.15) is 0 Å². The summed E-state index contributed by atoms with van der Waals surface area (Å²) in [6, 6.07) is 0. The molecule has 1 nitrogen and oxygen atoms in total. The molecule has 0 aromatic heterocycles. The Morgan fingerprint density at radius 1 is 1.50 bits per heavy atom. The lowest BCUT2D eigenvalue weighted by Gasteiger charge is -2.25. The minimum absolute atomic E-state index is 1.12. The van der Waals surface area contributed by atoms with Crippen LogP contribution in [0.1, 0.15) is 20.3 Å². The van der Waals surface area contributed by atoms with Crippen molar-refractivity contribution in [2.45, 2.75) is 20.3 Å². The molecule has 0 radical (unpaired) electrons. The van der Waals surface area contributed by atoms with Crippen molar-refractivity contribution in [2.24, 2.45) is 0 Å². The van der Waals surface area contributed by atoms with Crippen LogP contribution in [0.3, 0.4) is 0 Å². The normalized spacial score (nSPS) is 17.9. The highest BCUT2D eigenvalue weighted by Gasteiger charge is 2.06. The number of thioether (sulfide) groups is 1. The van der Waals surface area contributed by atoms with Crippen LogP contribution in [0.4, 0.5) is 0 Å². The minimum Gasteiger partial charge on any atom is -0.369 e. The van der Waals surface area contributed by atoms with Crippen molar-refractivity contribution in [3.8, 4) is 0 Å². The van der Waals surface area contributed by atoms with Gasteiger partial charge in [0.05, 0.1) is 5.88 Å². The van der Waals surface area contributed by atoms with Gasteiger partial charge in [-0.15, -0.1) is 11.8 Å². The third-order valence-corrected chi connectivity index (χ3v) is 2.42. The fourth-order valence-electron chi connectivity index (χ4n) is 0.674. The maximum absolute atomic E-state index is 3.91. The summed E-state index contributed by atoms with van der Waals surface area (Å²) in [6.07, 6.45) is 1.17. The Morgan fingerprint density at radius 2 is 2.10 bits per heavy atom. The monoisotopic (exact) mass is 159 g/mol. The van der Waals surface area contributed by atoms with E-state index < -0.39 is 0 Å². The molecule has 0 aromatic carbocycles. The average molecular weight is 159 g/mol. The summed E-state index contributed by atoms with van der Waals surface area (Å²) in [5.41, 5.74) is 1.28. The van der Waals surface area contributed by atoms with Crippen LogP contribution in [0.25, 0.3) is 0 Å². The molecule has 0 atom stereocenters. The first-order valence-electron chi connectivity index (χ1n) is 3.77. The van der Waals surface area contributed by atoms with Crippen molar-refractivity contribution in [1.29, 1.82) is 0 Å². The van der Waals surface area contributed by atoms with Gasteiger partial charge >= 0.3 is 0 Å². The van der Waals surface area contributed by atoms with E-state index >= 15 is 0 Å². The number of rotatable bonds is 0. The second kappa shape index (κ2) is 5.66. The molecule has 10 heavy (non-hydrogen) atoms. The van der Waals surface area contributed by atoms with Crippen LogP contribution in [0.15, 0.2) is 12.3 Å². The van der Waals surface area contributed by atoms with Crippen molar-refractivity contribution >= 4 is 11.8 Å². The van der Waals surface area contributed by atoms with Crippen molar-refractivity contribution in [3.05, 3.63) is 12.3 Å². The van der Waals surface area contributed by atoms with Gasteiger partial charge in [0.2, 0.25) is 0 Å². The van der Waals surface area contributed by atoms with Gasteiger partial charge in [0.25, 0.3) is 0 Å². The first-order valence-corrected chi connectivity index (χ1v) is 4.93. The highest BCUT2D eigenvalue weighted by molar-refractivity contribution is 7.99. The number of hydrogen-bond acceptors (Lipinski definition) is 2. The van der Waals surface area contributed by atoms with Crippen molar-refractivity contribution < 1.29 is 0 Å². The van der Waals surface area contributed by atoms with Crippen LogP contribution < -0.4 is 0 Å². The van der Waals surface area contributed by atoms with E-state index in [-0.39, 0.29) is 0 Å². The van der Waals surface area contributed by atoms with E-state index in [9.17, 15) is 0 Å². The van der Waals surface area contributed by atoms with Crippen LogP contribution >= 0.6 is 11.8 Å². The Hall–Kier alpha value is -0.110. The Bertz CT molecular complexity index is 101. The van der Waals surface area contributed by atoms with Crippen LogP contribution in [0.2, 0.25) is 0 Å². The van der Waals surface area contributed by atoms with E-state index in [2.05, 4.69) is 18.5 Å². The summed E-state index contributed by atoms with van der Waals surface area (Å²) in [5, 5.41) is 0. The SMILES string of the molecule is C=C1CCSCN1C.CC. The zero-order valence-electron chi connectivity index (χ0n) is 7.18. The molecule has 1 fully saturated rings. The molecule has 0 aliphatic carbocycles. The van der Waals surface area contributed by atoms with Gasteiger partial charge in [0.15, 0.2) is 0 Å². The summed E-state index contributed by atoms with van der Waals surface area (Å²) in [5.74, 6) is 2.38. The molecule has 0 amide bonds. The molecule has 0 aromatic rings. The zero-order valence-corrected chi connectivity index (χ0v) is 8.00. The first-order chi connectivity index (χ1) is 4.80. The molecule has 0 bridgehead atoms. The van der Waals surface area contributed by atoms with Crippen LogP contribution in [0, 0.1) is 0 Å². The molecule has 0 unspecified atom stereocenters. The van der Waals surface area contributed by atoms with E-state index in [1.807, 2.05) is 25.6 Å². The molecule has 1 aliphatic heterocycles. The summed E-state index contributed by atoms with van der Waals surface area (Å²) in [4.78, 5) is 2.20. The lowest BCUT2D eigenvalue weighted by molar-refractivity contribution is 0.469. The highest BCUT2D eigenvalue weighted by Crippen LogP contribution is 2.18. The van der Waals surface area contributed by atoms with Crippen molar-refractivity contribution in [1.82, 2.24) is 4.90 Å². The highest BCUT2D eigenvalue weighted by atomic mass is 32.2. The molecular formula is C8H17NS. The molecule has 1 saturated heterocycles. The van der Waals surface area contributed by atoms with Crippen molar-refractivity contribution in [3.63, 3.8) is 0 Å². The summed E-state index contributed by atoms with van der Waals surface area (Å²) in [6.45, 7) is 7.91. The second-order valence-electron chi connectivity index (χ2n) is 2.05. The fourth-order valence-corrected chi connectivity index (χ4v) is 1.64. The van der Waals surface area contributed by atoms with E-state index in [1.165, 1.54) is 17.9 Å². The lowest BCUT2D eigenvalue weighted by atomic mass is 10.3. The topological polar surface area (TPSA) is 3.24 Å². The predicted octanol–water partition coefficient (Wildman–Crippen LogP) is 2.55. The van der Waals surface area contributed by atoms with Crippen LogP contribution in [0.5, 0.6) is 0 Å². The third-order valence-electron chi connectivity index (χ3n) is 1.36. The van der Waals surface area contributed by atoms with Gasteiger partial charge < -0.3 is 4.90 Å². The third kappa shape index (κ3) is 3.16.